The van der Waals surface area contributed by atoms with E-state index in [-0.39, 0.29) is 5.41 Å². The number of rotatable bonds is 0. The van der Waals surface area contributed by atoms with Gasteiger partial charge in [0.2, 0.25) is 0 Å². The van der Waals surface area contributed by atoms with E-state index < -0.39 is 17.4 Å². The molecule has 0 spiro atoms. The summed E-state index contributed by atoms with van der Waals surface area (Å²) in [5, 5.41) is 1.03. The first-order valence-corrected chi connectivity index (χ1v) is 9.31. The molecule has 0 saturated carbocycles. The third-order valence-corrected chi connectivity index (χ3v) is 4.32. The first-order chi connectivity index (χ1) is 10.3. The van der Waals surface area contributed by atoms with Crippen LogP contribution in [0, 0.1) is 11.5 Å². The molecule has 2 rings (SSSR count). The van der Waals surface area contributed by atoms with Crippen LogP contribution in [0.4, 0.5) is 0 Å². The summed E-state index contributed by atoms with van der Waals surface area (Å²) in [6.45, 7) is 10.9. The predicted octanol–water partition coefficient (Wildman–Crippen LogP) is 5.67. The summed E-state index contributed by atoms with van der Waals surface area (Å²) >= 11 is 4.28. The van der Waals surface area contributed by atoms with Gasteiger partial charge in [0, 0.05) is 5.03 Å². The third kappa shape index (κ3) is 8.31. The number of halogens is 1. The van der Waals surface area contributed by atoms with Crippen molar-refractivity contribution in [1.29, 1.82) is 0 Å². The molecule has 2 nitrogen and oxygen atoms in total. The van der Waals surface area contributed by atoms with Gasteiger partial charge in [-0.1, -0.05) is 62.9 Å². The normalized spacial score (nSPS) is 23.6. The predicted molar refractivity (Wildman–Crippen MR) is 89.0 cm³/mol. The third-order valence-electron chi connectivity index (χ3n) is 3.98. The molecular weight excluding hydrogens is 385 g/mol. The zero-order valence-corrected chi connectivity index (χ0v) is 16.6. The van der Waals surface area contributed by atoms with E-state index in [1.54, 1.807) is 0 Å². The van der Waals surface area contributed by atoms with E-state index in [1.807, 2.05) is 0 Å². The topological polar surface area (TPSA) is 37.3 Å². The molecule has 0 aromatic carbocycles. The molecule has 0 aromatic heterocycles. The Morgan fingerprint density at radius 1 is 1.18 bits per heavy atom. The van der Waals surface area contributed by atoms with Crippen molar-refractivity contribution in [3.63, 3.8) is 0 Å². The van der Waals surface area contributed by atoms with Crippen LogP contribution < -0.4 is 0 Å². The van der Waals surface area contributed by atoms with Crippen LogP contribution in [0.3, 0.4) is 0 Å². The second-order valence-electron chi connectivity index (χ2n) is 5.93. The number of hydrogen-bond donors (Lipinski definition) is 1. The van der Waals surface area contributed by atoms with Crippen LogP contribution in [0.25, 0.3) is 0 Å². The van der Waals surface area contributed by atoms with E-state index in [2.05, 4.69) is 58.9 Å². The van der Waals surface area contributed by atoms with Crippen molar-refractivity contribution in [2.45, 2.75) is 60.3 Å². The van der Waals surface area contributed by atoms with Gasteiger partial charge in [-0.05, 0) is 25.7 Å². The molecule has 0 aliphatic heterocycles. The van der Waals surface area contributed by atoms with E-state index in [0.29, 0.717) is 0 Å². The molecule has 0 bridgehead atoms. The Morgan fingerprint density at radius 2 is 1.73 bits per heavy atom. The molecule has 0 saturated heterocycles. The first kappa shape index (κ1) is 21.6. The van der Waals surface area contributed by atoms with Crippen molar-refractivity contribution in [2.75, 3.05) is 0 Å². The monoisotopic (exact) mass is 412 g/mol. The maximum absolute atomic E-state index is 8.58. The van der Waals surface area contributed by atoms with Gasteiger partial charge < -0.3 is 0 Å². The fourth-order valence-corrected chi connectivity index (χ4v) is 2.52. The van der Waals surface area contributed by atoms with Gasteiger partial charge in [0.05, 0.1) is 0 Å². The van der Waals surface area contributed by atoms with Crippen LogP contribution in [0.1, 0.15) is 60.3 Å². The fraction of sp³-hybridized carbons (Fsp3) is 0.556. The summed E-state index contributed by atoms with van der Waals surface area (Å²) in [6, 6.07) is 0. The average Bonchev–Trinajstić information content (AvgIpc) is 2.58. The van der Waals surface area contributed by atoms with Gasteiger partial charge in [0.25, 0.3) is 0 Å². The minimum atomic E-state index is -1.54. The Hall–Kier alpha value is -0.367. The van der Waals surface area contributed by atoms with Gasteiger partial charge >= 0.3 is 24.9 Å². The van der Waals surface area contributed by atoms with Crippen LogP contribution in [0.2, 0.25) is 0 Å². The average molecular weight is 412 g/mol. The second kappa shape index (κ2) is 11.2. The summed E-state index contributed by atoms with van der Waals surface area (Å²) in [5.74, 6) is 0. The molecule has 0 radical (unpaired) electrons. The fourth-order valence-electron chi connectivity index (χ4n) is 2.30. The molecule has 4 heteroatoms. The Kier molecular flexibility index (Phi) is 11.0. The van der Waals surface area contributed by atoms with Crippen LogP contribution in [0.5, 0.6) is 0 Å². The van der Waals surface area contributed by atoms with Crippen LogP contribution in [0.15, 0.2) is 40.0 Å². The molecule has 22 heavy (non-hydrogen) atoms. The van der Waals surface area contributed by atoms with Gasteiger partial charge in [-0.2, -0.15) is 11.1 Å². The Balaban J connectivity index is 0.000000342. The van der Waals surface area contributed by atoms with Gasteiger partial charge in [0.1, 0.15) is 0 Å². The standard InChI is InChI=1S/C10H15.C8H11Cl.H2O.O.Ru/c1-7-6-10(4,5)9(3)8(7)2;9-8-6-4-2-1-3-5-7-8;;;/h1-5H3;1-2,7H,3-6H2;1H2;;/q-1;;;;+1/p-1/b;2-1-,8-7+;;;. The molecule has 2 aliphatic carbocycles. The van der Waals surface area contributed by atoms with Crippen molar-refractivity contribution < 1.29 is 24.9 Å². The maximum atomic E-state index is 8.58. The molecule has 0 amide bonds. The van der Waals surface area contributed by atoms with Gasteiger partial charge in [-0.25, -0.2) is 5.57 Å². The van der Waals surface area contributed by atoms with Crippen LogP contribution >= 0.6 is 11.6 Å². The number of allylic oxidation sites excluding steroid dienone is 8. The van der Waals surface area contributed by atoms with Crippen molar-refractivity contribution in [3.8, 4) is 0 Å². The molecule has 0 atom stereocenters. The summed E-state index contributed by atoms with van der Waals surface area (Å²) in [5.41, 5.74) is 4.39. The molecule has 2 aliphatic rings. The zero-order chi connectivity index (χ0) is 17.2. The Bertz CT molecular complexity index is 485. The summed E-state index contributed by atoms with van der Waals surface area (Å²) in [6.07, 6.45) is 14.4. The summed E-state index contributed by atoms with van der Waals surface area (Å²) in [7, 11) is 0. The van der Waals surface area contributed by atoms with E-state index in [4.69, 9.17) is 19.1 Å². The molecule has 0 aromatic rings. The van der Waals surface area contributed by atoms with Crippen molar-refractivity contribution in [3.05, 3.63) is 46.1 Å². The summed E-state index contributed by atoms with van der Waals surface area (Å²) < 4.78 is 15.7. The zero-order valence-electron chi connectivity index (χ0n) is 14.1. The molecule has 0 unspecified atom stereocenters. The van der Waals surface area contributed by atoms with E-state index >= 15 is 0 Å². The molecule has 0 fully saturated rings. The Labute approximate surface area is 148 Å². The van der Waals surface area contributed by atoms with Crippen molar-refractivity contribution in [2.24, 2.45) is 5.41 Å². The molecule has 127 valence electrons. The van der Waals surface area contributed by atoms with E-state index in [0.717, 1.165) is 30.7 Å². The SMILES string of the molecule is CC1=[C-]C(C)(C)C(C)=C1C.Cl/C1=C/CC/C=C\CC1.[O]=[Ru][OH]. The molecular formula is C18H27ClO2Ru-. The molecule has 1 N–H and O–H groups in total. The summed E-state index contributed by atoms with van der Waals surface area (Å²) in [4.78, 5) is 0. The van der Waals surface area contributed by atoms with Crippen molar-refractivity contribution in [1.82, 2.24) is 0 Å². The van der Waals surface area contributed by atoms with E-state index in [1.165, 1.54) is 16.7 Å². The second-order valence-corrected chi connectivity index (χ2v) is 6.73. The minimum absolute atomic E-state index is 0.189. The first-order valence-electron chi connectivity index (χ1n) is 7.44. The van der Waals surface area contributed by atoms with E-state index in [9.17, 15) is 0 Å². The van der Waals surface area contributed by atoms with Crippen molar-refractivity contribution >= 4 is 11.6 Å². The quantitative estimate of drug-likeness (QED) is 0.316. The van der Waals surface area contributed by atoms with Crippen LogP contribution in [-0.2, 0) is 21.0 Å². The number of hydrogen-bond acceptors (Lipinski definition) is 1. The Morgan fingerprint density at radius 3 is 2.14 bits per heavy atom. The van der Waals surface area contributed by atoms with Gasteiger partial charge in [0.15, 0.2) is 0 Å². The van der Waals surface area contributed by atoms with Gasteiger partial charge in [-0.3, -0.25) is 6.08 Å². The van der Waals surface area contributed by atoms with Gasteiger partial charge in [-0.15, -0.1) is 6.92 Å². The van der Waals surface area contributed by atoms with Crippen LogP contribution in [-0.4, -0.2) is 3.93 Å². The molecule has 0 heterocycles.